The van der Waals surface area contributed by atoms with Gasteiger partial charge >= 0.3 is 0 Å². The highest BCUT2D eigenvalue weighted by Crippen LogP contribution is 2.36. The molecule has 0 atom stereocenters. The van der Waals surface area contributed by atoms with E-state index in [-0.39, 0.29) is 28.8 Å². The van der Waals surface area contributed by atoms with E-state index in [1.807, 2.05) is 20.8 Å². The molecular formula is C16H21N5O4. The minimum absolute atomic E-state index is 0.0944. The van der Waals surface area contributed by atoms with Gasteiger partial charge in [-0.05, 0) is 12.1 Å². The first-order chi connectivity index (χ1) is 11.8. The van der Waals surface area contributed by atoms with Gasteiger partial charge in [0.2, 0.25) is 11.7 Å². The van der Waals surface area contributed by atoms with Crippen molar-refractivity contribution < 1.29 is 14.6 Å². The average molecular weight is 347 g/mol. The molecule has 0 saturated carbocycles. The fourth-order valence-electron chi connectivity index (χ4n) is 2.03. The minimum Gasteiger partial charge on any atom is -0.502 e. The van der Waals surface area contributed by atoms with Crippen molar-refractivity contribution in [1.29, 1.82) is 0 Å². The van der Waals surface area contributed by atoms with Crippen molar-refractivity contribution in [3.63, 3.8) is 0 Å². The normalized spacial score (nSPS) is 11.6. The quantitative estimate of drug-likeness (QED) is 0.555. The first-order valence-electron chi connectivity index (χ1n) is 7.47. The van der Waals surface area contributed by atoms with E-state index in [0.717, 1.165) is 0 Å². The van der Waals surface area contributed by atoms with Crippen LogP contribution in [0.3, 0.4) is 0 Å². The molecule has 0 radical (unpaired) electrons. The summed E-state index contributed by atoms with van der Waals surface area (Å²) in [6, 6.07) is 3.17. The lowest BCUT2D eigenvalue weighted by atomic mass is 9.93. The summed E-state index contributed by atoms with van der Waals surface area (Å²) >= 11 is 0. The highest BCUT2D eigenvalue weighted by molar-refractivity contribution is 5.82. The van der Waals surface area contributed by atoms with Crippen LogP contribution in [0.25, 0.3) is 0 Å². The maximum absolute atomic E-state index is 12.0. The van der Waals surface area contributed by atoms with E-state index < -0.39 is 5.41 Å². The summed E-state index contributed by atoms with van der Waals surface area (Å²) in [5, 5.41) is 21.7. The van der Waals surface area contributed by atoms with Gasteiger partial charge in [-0.1, -0.05) is 20.8 Å². The van der Waals surface area contributed by atoms with E-state index in [4.69, 9.17) is 9.47 Å². The standard InChI is InChI=1S/C16H21N5O4/c1-16(2,3)13-14(23)18-15(21-19-13)20-17-8-9-6-10(24-4)12(22)11(7-9)25-5/h6-8,22H,1-5H3,(H2,18,20,21,23)/b17-8+. The second kappa shape index (κ2) is 7.20. The molecule has 0 unspecified atom stereocenters. The Bertz CT molecular complexity index is 814. The van der Waals surface area contributed by atoms with E-state index in [1.54, 1.807) is 12.1 Å². The molecule has 25 heavy (non-hydrogen) atoms. The molecule has 0 amide bonds. The molecule has 0 spiro atoms. The first kappa shape index (κ1) is 18.2. The van der Waals surface area contributed by atoms with Gasteiger partial charge in [0.1, 0.15) is 5.69 Å². The molecule has 3 N–H and O–H groups in total. The van der Waals surface area contributed by atoms with Crippen molar-refractivity contribution in [1.82, 2.24) is 15.2 Å². The van der Waals surface area contributed by atoms with Crippen molar-refractivity contribution in [2.24, 2.45) is 5.10 Å². The van der Waals surface area contributed by atoms with Crippen LogP contribution in [-0.2, 0) is 5.41 Å². The van der Waals surface area contributed by atoms with Crippen LogP contribution in [0, 0.1) is 0 Å². The van der Waals surface area contributed by atoms with Crippen LogP contribution in [0.15, 0.2) is 22.0 Å². The molecule has 2 rings (SSSR count). The third-order valence-electron chi connectivity index (χ3n) is 3.29. The predicted molar refractivity (Wildman–Crippen MR) is 93.8 cm³/mol. The smallest absolute Gasteiger partial charge is 0.274 e. The predicted octanol–water partition coefficient (Wildman–Crippen LogP) is 1.63. The van der Waals surface area contributed by atoms with Crippen LogP contribution >= 0.6 is 0 Å². The monoisotopic (exact) mass is 347 g/mol. The molecule has 0 aliphatic rings. The second-order valence-electron chi connectivity index (χ2n) is 6.25. The lowest BCUT2D eigenvalue weighted by molar-refractivity contribution is 0.340. The van der Waals surface area contributed by atoms with Gasteiger partial charge in [-0.15, -0.1) is 10.2 Å². The number of aromatic hydroxyl groups is 1. The number of nitrogens with zero attached hydrogens (tertiary/aromatic N) is 3. The Morgan fingerprint density at radius 2 is 1.80 bits per heavy atom. The van der Waals surface area contributed by atoms with Crippen molar-refractivity contribution in [3.8, 4) is 17.2 Å². The van der Waals surface area contributed by atoms with Crippen LogP contribution in [0.4, 0.5) is 5.95 Å². The topological polar surface area (TPSA) is 122 Å². The molecule has 0 aliphatic heterocycles. The number of ether oxygens (including phenoxy) is 2. The number of hydrazone groups is 1. The van der Waals surface area contributed by atoms with E-state index in [2.05, 4.69) is 25.7 Å². The van der Waals surface area contributed by atoms with Crippen LogP contribution in [0.5, 0.6) is 17.2 Å². The van der Waals surface area contributed by atoms with E-state index >= 15 is 0 Å². The Morgan fingerprint density at radius 1 is 1.20 bits per heavy atom. The Hall–Kier alpha value is -3.10. The number of benzene rings is 1. The average Bonchev–Trinajstić information content (AvgIpc) is 2.55. The second-order valence-corrected chi connectivity index (χ2v) is 6.25. The molecule has 1 aromatic carbocycles. The molecule has 1 aromatic heterocycles. The van der Waals surface area contributed by atoms with Gasteiger partial charge in [-0.2, -0.15) is 5.10 Å². The van der Waals surface area contributed by atoms with Crippen molar-refractivity contribution in [2.45, 2.75) is 26.2 Å². The number of hydrogen-bond donors (Lipinski definition) is 3. The largest absolute Gasteiger partial charge is 0.502 e. The van der Waals surface area contributed by atoms with E-state index in [9.17, 15) is 9.90 Å². The minimum atomic E-state index is -0.401. The highest BCUT2D eigenvalue weighted by Gasteiger charge is 2.20. The van der Waals surface area contributed by atoms with Gasteiger partial charge < -0.3 is 14.6 Å². The first-order valence-corrected chi connectivity index (χ1v) is 7.47. The summed E-state index contributed by atoms with van der Waals surface area (Å²) in [4.78, 5) is 14.6. The van der Waals surface area contributed by atoms with Crippen LogP contribution in [0.1, 0.15) is 32.0 Å². The summed E-state index contributed by atoms with van der Waals surface area (Å²) in [7, 11) is 2.87. The molecule has 1 heterocycles. The van der Waals surface area contributed by atoms with Gasteiger partial charge in [-0.25, -0.2) is 5.43 Å². The van der Waals surface area contributed by atoms with E-state index in [1.165, 1.54) is 20.4 Å². The molecule has 9 nitrogen and oxygen atoms in total. The summed E-state index contributed by atoms with van der Waals surface area (Å²) in [5.41, 5.74) is 2.83. The zero-order chi connectivity index (χ0) is 18.6. The number of nitrogens with one attached hydrogen (secondary N) is 2. The number of anilines is 1. The number of rotatable bonds is 5. The Kier molecular flexibility index (Phi) is 5.26. The number of phenols is 1. The SMILES string of the molecule is COc1cc(/C=N/Nc2nnc(C(C)(C)C)c(=O)[nH]2)cc(OC)c1O. The maximum atomic E-state index is 12.0. The van der Waals surface area contributed by atoms with Crippen LogP contribution < -0.4 is 20.5 Å². The molecule has 9 heteroatoms. The Morgan fingerprint density at radius 3 is 2.28 bits per heavy atom. The third kappa shape index (κ3) is 4.25. The summed E-state index contributed by atoms with van der Waals surface area (Å²) in [5.74, 6) is 0.530. The van der Waals surface area contributed by atoms with E-state index in [0.29, 0.717) is 11.3 Å². The van der Waals surface area contributed by atoms with Crippen molar-refractivity contribution in [2.75, 3.05) is 19.6 Å². The molecule has 134 valence electrons. The van der Waals surface area contributed by atoms with Gasteiger partial charge in [0.05, 0.1) is 20.4 Å². The van der Waals surface area contributed by atoms with Crippen LogP contribution in [0.2, 0.25) is 0 Å². The third-order valence-corrected chi connectivity index (χ3v) is 3.29. The maximum Gasteiger partial charge on any atom is 0.274 e. The number of methoxy groups -OCH3 is 2. The van der Waals surface area contributed by atoms with Gasteiger partial charge in [0.25, 0.3) is 5.56 Å². The number of aromatic nitrogens is 3. The molecule has 2 aromatic rings. The summed E-state index contributed by atoms with van der Waals surface area (Å²) < 4.78 is 10.1. The number of aromatic amines is 1. The number of hydrogen-bond acceptors (Lipinski definition) is 8. The summed E-state index contributed by atoms with van der Waals surface area (Å²) in [6.07, 6.45) is 1.46. The number of H-pyrrole nitrogens is 1. The Labute approximate surface area is 144 Å². The van der Waals surface area contributed by atoms with Gasteiger partial charge in [-0.3, -0.25) is 9.78 Å². The fraction of sp³-hybridized carbons (Fsp3) is 0.375. The fourth-order valence-corrected chi connectivity index (χ4v) is 2.03. The van der Waals surface area contributed by atoms with Gasteiger partial charge in [0, 0.05) is 11.0 Å². The molecule has 0 fully saturated rings. The lowest BCUT2D eigenvalue weighted by Crippen LogP contribution is -2.28. The van der Waals surface area contributed by atoms with Crippen molar-refractivity contribution in [3.05, 3.63) is 33.7 Å². The number of phenolic OH excluding ortho intramolecular Hbond substituents is 1. The van der Waals surface area contributed by atoms with Crippen LogP contribution in [-0.4, -0.2) is 40.7 Å². The molecule has 0 saturated heterocycles. The Balaban J connectivity index is 2.19. The van der Waals surface area contributed by atoms with Crippen molar-refractivity contribution >= 4 is 12.2 Å². The van der Waals surface area contributed by atoms with Gasteiger partial charge in [0.15, 0.2) is 11.5 Å². The molecule has 0 aliphatic carbocycles. The highest BCUT2D eigenvalue weighted by atomic mass is 16.5. The lowest BCUT2D eigenvalue weighted by Gasteiger charge is -2.15. The zero-order valence-corrected chi connectivity index (χ0v) is 14.7. The summed E-state index contributed by atoms with van der Waals surface area (Å²) in [6.45, 7) is 5.63. The molecular weight excluding hydrogens is 326 g/mol. The molecule has 0 bridgehead atoms. The zero-order valence-electron chi connectivity index (χ0n) is 14.7.